The monoisotopic (exact) mass is 250 g/mol. The summed E-state index contributed by atoms with van der Waals surface area (Å²) < 4.78 is 5.07. The lowest BCUT2D eigenvalue weighted by Crippen LogP contribution is -2.39. The number of amides is 1. The third-order valence-corrected chi connectivity index (χ3v) is 2.98. The van der Waals surface area contributed by atoms with Crippen LogP contribution in [-0.2, 0) is 9.53 Å². The maximum Gasteiger partial charge on any atom is 0.222 e. The third-order valence-electron chi connectivity index (χ3n) is 2.98. The van der Waals surface area contributed by atoms with Gasteiger partial charge in [0.1, 0.15) is 0 Å². The van der Waals surface area contributed by atoms with Gasteiger partial charge in [0.25, 0.3) is 0 Å². The van der Waals surface area contributed by atoms with Crippen LogP contribution >= 0.6 is 12.4 Å². The Hall–Kier alpha value is -0.320. The number of carbonyl (C=O) groups is 1. The average molecular weight is 251 g/mol. The molecule has 5 heteroatoms. The fraction of sp³-hybridized carbons (Fsp3) is 0.909. The highest BCUT2D eigenvalue weighted by molar-refractivity contribution is 5.85. The van der Waals surface area contributed by atoms with E-state index in [9.17, 15) is 4.79 Å². The number of hydrogen-bond donors (Lipinski definition) is 2. The summed E-state index contributed by atoms with van der Waals surface area (Å²) in [6.45, 7) is 0.397. The Kier molecular flexibility index (Phi) is 8.61. The molecule has 0 bridgehead atoms. The normalized spacial score (nSPS) is 18.6. The van der Waals surface area contributed by atoms with Gasteiger partial charge in [0, 0.05) is 19.7 Å². The molecule has 1 atom stereocenters. The second kappa shape index (κ2) is 8.79. The van der Waals surface area contributed by atoms with Crippen LogP contribution in [0.15, 0.2) is 0 Å². The van der Waals surface area contributed by atoms with Crippen LogP contribution in [0, 0.1) is 0 Å². The highest BCUT2D eigenvalue weighted by Gasteiger charge is 2.17. The molecule has 0 aromatic rings. The number of hydrogen-bond acceptors (Lipinski definition) is 3. The van der Waals surface area contributed by atoms with Crippen LogP contribution in [0.3, 0.4) is 0 Å². The van der Waals surface area contributed by atoms with Gasteiger partial charge in [-0.2, -0.15) is 0 Å². The molecule has 1 fully saturated rings. The zero-order valence-corrected chi connectivity index (χ0v) is 10.7. The van der Waals surface area contributed by atoms with Gasteiger partial charge in [0.2, 0.25) is 5.91 Å². The van der Waals surface area contributed by atoms with Crippen molar-refractivity contribution in [2.75, 3.05) is 13.7 Å². The molecule has 0 heterocycles. The minimum absolute atomic E-state index is 0. The summed E-state index contributed by atoms with van der Waals surface area (Å²) in [6, 6.07) is 0.376. The summed E-state index contributed by atoms with van der Waals surface area (Å²) in [6.07, 6.45) is 6.23. The Morgan fingerprint density at radius 1 is 1.44 bits per heavy atom. The van der Waals surface area contributed by atoms with E-state index in [2.05, 4.69) is 5.32 Å². The zero-order valence-electron chi connectivity index (χ0n) is 9.91. The first kappa shape index (κ1) is 15.7. The molecule has 0 saturated heterocycles. The van der Waals surface area contributed by atoms with Gasteiger partial charge in [-0.1, -0.05) is 19.3 Å². The van der Waals surface area contributed by atoms with E-state index in [-0.39, 0.29) is 24.4 Å². The van der Waals surface area contributed by atoms with Gasteiger partial charge in [0.05, 0.1) is 12.5 Å². The lowest BCUT2D eigenvalue weighted by molar-refractivity contribution is -0.124. The van der Waals surface area contributed by atoms with Crippen molar-refractivity contribution in [1.29, 1.82) is 0 Å². The van der Waals surface area contributed by atoms with Gasteiger partial charge in [-0.15, -0.1) is 12.4 Å². The molecule has 16 heavy (non-hydrogen) atoms. The molecule has 0 aromatic heterocycles. The number of halogens is 1. The Balaban J connectivity index is 0.00000225. The van der Waals surface area contributed by atoms with E-state index < -0.39 is 0 Å². The van der Waals surface area contributed by atoms with Crippen LogP contribution < -0.4 is 11.1 Å². The standard InChI is InChI=1S/C11H22N2O2.ClH/c1-15-10(8-12)7-11(14)13-9-5-3-2-4-6-9;/h9-10H,2-8,12H2,1H3,(H,13,14);1H. The quantitative estimate of drug-likeness (QED) is 0.771. The predicted molar refractivity (Wildman–Crippen MR) is 66.7 cm³/mol. The molecule has 0 aliphatic heterocycles. The van der Waals surface area contributed by atoms with Crippen molar-refractivity contribution >= 4 is 18.3 Å². The van der Waals surface area contributed by atoms with E-state index in [1.807, 2.05) is 0 Å². The number of carbonyl (C=O) groups excluding carboxylic acids is 1. The minimum atomic E-state index is -0.145. The zero-order chi connectivity index (χ0) is 11.1. The highest BCUT2D eigenvalue weighted by Crippen LogP contribution is 2.17. The number of methoxy groups -OCH3 is 1. The Morgan fingerprint density at radius 2 is 2.06 bits per heavy atom. The predicted octanol–water partition coefficient (Wildman–Crippen LogP) is 1.22. The van der Waals surface area contributed by atoms with Gasteiger partial charge in [-0.25, -0.2) is 0 Å². The lowest BCUT2D eigenvalue weighted by Gasteiger charge is -2.23. The SMILES string of the molecule is COC(CN)CC(=O)NC1CCCCC1.Cl. The van der Waals surface area contributed by atoms with Crippen molar-refractivity contribution in [2.24, 2.45) is 5.73 Å². The first-order valence-electron chi connectivity index (χ1n) is 5.78. The van der Waals surface area contributed by atoms with Gasteiger partial charge in [-0.05, 0) is 12.8 Å². The summed E-state index contributed by atoms with van der Waals surface area (Å²) in [5.41, 5.74) is 5.46. The second-order valence-corrected chi connectivity index (χ2v) is 4.20. The Morgan fingerprint density at radius 3 is 2.56 bits per heavy atom. The Labute approximate surface area is 104 Å². The first-order chi connectivity index (χ1) is 7.26. The molecule has 1 aliphatic carbocycles. The maximum absolute atomic E-state index is 11.6. The molecule has 1 amide bonds. The van der Waals surface area contributed by atoms with Gasteiger partial charge in [0.15, 0.2) is 0 Å². The van der Waals surface area contributed by atoms with Crippen LogP contribution in [0.4, 0.5) is 0 Å². The van der Waals surface area contributed by atoms with Gasteiger partial charge < -0.3 is 15.8 Å². The maximum atomic E-state index is 11.6. The van der Waals surface area contributed by atoms with Crippen molar-refractivity contribution in [2.45, 2.75) is 50.7 Å². The molecule has 4 nitrogen and oxygen atoms in total. The molecule has 1 rings (SSSR count). The molecule has 0 spiro atoms. The van der Waals surface area contributed by atoms with Gasteiger partial charge >= 0.3 is 0 Å². The average Bonchev–Trinajstić information content (AvgIpc) is 2.27. The smallest absolute Gasteiger partial charge is 0.222 e. The largest absolute Gasteiger partial charge is 0.380 e. The lowest BCUT2D eigenvalue weighted by atomic mass is 9.95. The summed E-state index contributed by atoms with van der Waals surface area (Å²) in [4.78, 5) is 11.6. The molecule has 0 radical (unpaired) electrons. The molecule has 1 aliphatic rings. The molecular weight excluding hydrogens is 228 g/mol. The van der Waals surface area contributed by atoms with Crippen LogP contribution in [-0.4, -0.2) is 31.7 Å². The van der Waals surface area contributed by atoms with Crippen molar-refractivity contribution in [3.05, 3.63) is 0 Å². The minimum Gasteiger partial charge on any atom is -0.380 e. The van der Waals surface area contributed by atoms with E-state index in [1.54, 1.807) is 7.11 Å². The molecule has 0 aromatic carbocycles. The molecule has 96 valence electrons. The highest BCUT2D eigenvalue weighted by atomic mass is 35.5. The van der Waals surface area contributed by atoms with Crippen LogP contribution in [0.25, 0.3) is 0 Å². The summed E-state index contributed by atoms with van der Waals surface area (Å²) in [5.74, 6) is 0.0687. The first-order valence-corrected chi connectivity index (χ1v) is 5.78. The number of ether oxygens (including phenoxy) is 1. The summed E-state index contributed by atoms with van der Waals surface area (Å²) in [7, 11) is 1.59. The van der Waals surface area contributed by atoms with E-state index >= 15 is 0 Å². The van der Waals surface area contributed by atoms with Crippen LogP contribution in [0.5, 0.6) is 0 Å². The Bertz CT molecular complexity index is 192. The van der Waals surface area contributed by atoms with E-state index in [0.717, 1.165) is 12.8 Å². The number of nitrogens with one attached hydrogen (secondary N) is 1. The second-order valence-electron chi connectivity index (χ2n) is 4.20. The van der Waals surface area contributed by atoms with Crippen LogP contribution in [0.2, 0.25) is 0 Å². The van der Waals surface area contributed by atoms with Crippen LogP contribution in [0.1, 0.15) is 38.5 Å². The summed E-state index contributed by atoms with van der Waals surface area (Å²) in [5, 5.41) is 3.04. The fourth-order valence-electron chi connectivity index (χ4n) is 2.00. The van der Waals surface area contributed by atoms with E-state index in [4.69, 9.17) is 10.5 Å². The van der Waals surface area contributed by atoms with Crippen molar-refractivity contribution in [3.63, 3.8) is 0 Å². The van der Waals surface area contributed by atoms with E-state index in [0.29, 0.717) is 19.0 Å². The molecule has 1 saturated carbocycles. The van der Waals surface area contributed by atoms with E-state index in [1.165, 1.54) is 19.3 Å². The number of nitrogens with two attached hydrogens (primary N) is 1. The molecule has 1 unspecified atom stereocenters. The van der Waals surface area contributed by atoms with Gasteiger partial charge in [-0.3, -0.25) is 4.79 Å². The third kappa shape index (κ3) is 5.68. The molecule has 3 N–H and O–H groups in total. The fourth-order valence-corrected chi connectivity index (χ4v) is 2.00. The van der Waals surface area contributed by atoms with Crippen molar-refractivity contribution < 1.29 is 9.53 Å². The van der Waals surface area contributed by atoms with Crippen molar-refractivity contribution in [1.82, 2.24) is 5.32 Å². The summed E-state index contributed by atoms with van der Waals surface area (Å²) >= 11 is 0. The topological polar surface area (TPSA) is 64.3 Å². The number of rotatable bonds is 5. The van der Waals surface area contributed by atoms with Crippen molar-refractivity contribution in [3.8, 4) is 0 Å². The molecular formula is C11H23ClN2O2.